The van der Waals surface area contributed by atoms with Gasteiger partial charge in [-0.1, -0.05) is 30.3 Å². The Morgan fingerprint density at radius 2 is 1.72 bits per heavy atom. The Morgan fingerprint density at radius 1 is 0.944 bits per heavy atom. The maximum atomic E-state index is 5.81. The number of benzene rings is 2. The highest BCUT2D eigenvalue weighted by Crippen LogP contribution is 2.22. The molecule has 2 rings (SSSR count). The number of aryl methyl sites for hydroxylation is 1. The summed E-state index contributed by atoms with van der Waals surface area (Å²) in [5.41, 5.74) is 1.32. The average Bonchev–Trinajstić information content (AvgIpc) is 2.41. The fourth-order valence-corrected chi connectivity index (χ4v) is 1.86. The lowest BCUT2D eigenvalue weighted by molar-refractivity contribution is 0.482. The van der Waals surface area contributed by atoms with Crippen molar-refractivity contribution < 1.29 is 4.74 Å². The second-order valence-corrected chi connectivity index (χ2v) is 4.27. The minimum absolute atomic E-state index is 0.880. The van der Waals surface area contributed by atoms with E-state index in [1.807, 2.05) is 49.5 Å². The van der Waals surface area contributed by atoms with Gasteiger partial charge in [0.05, 0.1) is 0 Å². The Balaban J connectivity index is 1.99. The van der Waals surface area contributed by atoms with Gasteiger partial charge in [-0.05, 0) is 56.3 Å². The molecule has 0 radical (unpaired) electrons. The monoisotopic (exact) mass is 241 g/mol. The first-order valence-corrected chi connectivity index (χ1v) is 6.35. The minimum atomic E-state index is 0.880. The molecule has 0 heterocycles. The van der Waals surface area contributed by atoms with Gasteiger partial charge in [-0.3, -0.25) is 0 Å². The molecule has 18 heavy (non-hydrogen) atoms. The maximum Gasteiger partial charge on any atom is 0.127 e. The highest BCUT2D eigenvalue weighted by molar-refractivity contribution is 5.33. The summed E-state index contributed by atoms with van der Waals surface area (Å²) in [5, 5.41) is 3.16. The quantitative estimate of drug-likeness (QED) is 0.780. The second kappa shape index (κ2) is 6.82. The predicted octanol–water partition coefficient (Wildman–Crippen LogP) is 3.63. The van der Waals surface area contributed by atoms with E-state index in [0.29, 0.717) is 0 Å². The molecule has 0 fully saturated rings. The standard InChI is InChI=1S/C16H19NO/c1-17-12-6-8-14-7-5-11-16(13-14)18-15-9-3-2-4-10-15/h2-5,7,9-11,13,17H,6,8,12H2,1H3. The molecule has 2 heteroatoms. The third-order valence-electron chi connectivity index (χ3n) is 2.77. The first kappa shape index (κ1) is 12.7. The highest BCUT2D eigenvalue weighted by Gasteiger charge is 1.98. The van der Waals surface area contributed by atoms with E-state index in [-0.39, 0.29) is 0 Å². The van der Waals surface area contributed by atoms with Gasteiger partial charge in [0.2, 0.25) is 0 Å². The van der Waals surface area contributed by atoms with E-state index in [1.165, 1.54) is 5.56 Å². The van der Waals surface area contributed by atoms with Gasteiger partial charge in [0.1, 0.15) is 11.5 Å². The van der Waals surface area contributed by atoms with Crippen molar-refractivity contribution in [3.05, 3.63) is 60.2 Å². The third kappa shape index (κ3) is 3.90. The lowest BCUT2D eigenvalue weighted by atomic mass is 10.1. The van der Waals surface area contributed by atoms with E-state index in [0.717, 1.165) is 30.9 Å². The van der Waals surface area contributed by atoms with Gasteiger partial charge >= 0.3 is 0 Å². The Morgan fingerprint density at radius 3 is 2.50 bits per heavy atom. The molecule has 0 bridgehead atoms. The van der Waals surface area contributed by atoms with Crippen LogP contribution in [0.2, 0.25) is 0 Å². The summed E-state index contributed by atoms with van der Waals surface area (Å²) in [4.78, 5) is 0. The molecule has 2 nitrogen and oxygen atoms in total. The van der Waals surface area contributed by atoms with Crippen molar-refractivity contribution in [1.82, 2.24) is 5.32 Å². The molecular weight excluding hydrogens is 222 g/mol. The van der Waals surface area contributed by atoms with Crippen LogP contribution in [0.15, 0.2) is 54.6 Å². The van der Waals surface area contributed by atoms with E-state index in [9.17, 15) is 0 Å². The number of para-hydroxylation sites is 1. The number of hydrogen-bond acceptors (Lipinski definition) is 2. The van der Waals surface area contributed by atoms with Gasteiger partial charge in [-0.2, -0.15) is 0 Å². The minimum Gasteiger partial charge on any atom is -0.457 e. The molecule has 0 aromatic heterocycles. The Hall–Kier alpha value is -1.80. The fraction of sp³-hybridized carbons (Fsp3) is 0.250. The van der Waals surface area contributed by atoms with Gasteiger partial charge in [-0.25, -0.2) is 0 Å². The van der Waals surface area contributed by atoms with Crippen LogP contribution in [0.3, 0.4) is 0 Å². The molecule has 2 aromatic carbocycles. The van der Waals surface area contributed by atoms with Gasteiger partial charge in [0.15, 0.2) is 0 Å². The van der Waals surface area contributed by atoms with Gasteiger partial charge in [0.25, 0.3) is 0 Å². The fourth-order valence-electron chi connectivity index (χ4n) is 1.86. The molecule has 0 atom stereocenters. The van der Waals surface area contributed by atoms with E-state index in [1.54, 1.807) is 0 Å². The molecule has 0 aliphatic heterocycles. The summed E-state index contributed by atoms with van der Waals surface area (Å²) >= 11 is 0. The van der Waals surface area contributed by atoms with Gasteiger partial charge in [0, 0.05) is 0 Å². The van der Waals surface area contributed by atoms with Crippen molar-refractivity contribution in [2.24, 2.45) is 0 Å². The van der Waals surface area contributed by atoms with Crippen LogP contribution < -0.4 is 10.1 Å². The first-order chi connectivity index (χ1) is 8.88. The summed E-state index contributed by atoms with van der Waals surface area (Å²) in [5.74, 6) is 1.79. The highest BCUT2D eigenvalue weighted by atomic mass is 16.5. The van der Waals surface area contributed by atoms with Crippen molar-refractivity contribution in [1.29, 1.82) is 0 Å². The molecule has 94 valence electrons. The van der Waals surface area contributed by atoms with Crippen molar-refractivity contribution in [3.8, 4) is 11.5 Å². The molecule has 0 spiro atoms. The van der Waals surface area contributed by atoms with Gasteiger partial charge < -0.3 is 10.1 Å². The van der Waals surface area contributed by atoms with E-state index >= 15 is 0 Å². The van der Waals surface area contributed by atoms with Crippen LogP contribution in [0.5, 0.6) is 11.5 Å². The lowest BCUT2D eigenvalue weighted by Crippen LogP contribution is -2.08. The topological polar surface area (TPSA) is 21.3 Å². The van der Waals surface area contributed by atoms with Crippen molar-refractivity contribution >= 4 is 0 Å². The maximum absolute atomic E-state index is 5.81. The molecule has 0 amide bonds. The normalized spacial score (nSPS) is 10.3. The van der Waals surface area contributed by atoms with Crippen molar-refractivity contribution in [2.75, 3.05) is 13.6 Å². The van der Waals surface area contributed by atoms with Crippen LogP contribution in [0.4, 0.5) is 0 Å². The molecular formula is C16H19NO. The second-order valence-electron chi connectivity index (χ2n) is 4.27. The van der Waals surface area contributed by atoms with Crippen LogP contribution in [0.1, 0.15) is 12.0 Å². The summed E-state index contributed by atoms with van der Waals surface area (Å²) in [7, 11) is 1.98. The van der Waals surface area contributed by atoms with E-state index < -0.39 is 0 Å². The molecule has 0 aliphatic rings. The summed E-state index contributed by atoms with van der Waals surface area (Å²) in [6.45, 7) is 1.05. The largest absolute Gasteiger partial charge is 0.457 e. The number of rotatable bonds is 6. The Bertz CT molecular complexity index is 468. The lowest BCUT2D eigenvalue weighted by Gasteiger charge is -2.07. The molecule has 0 saturated heterocycles. The Labute approximate surface area is 109 Å². The van der Waals surface area contributed by atoms with Crippen LogP contribution in [0.25, 0.3) is 0 Å². The first-order valence-electron chi connectivity index (χ1n) is 6.35. The summed E-state index contributed by atoms with van der Waals surface area (Å²) < 4.78 is 5.81. The third-order valence-corrected chi connectivity index (χ3v) is 2.77. The van der Waals surface area contributed by atoms with Crippen molar-refractivity contribution in [3.63, 3.8) is 0 Å². The number of ether oxygens (including phenoxy) is 1. The zero-order chi connectivity index (χ0) is 12.6. The molecule has 1 N–H and O–H groups in total. The van der Waals surface area contributed by atoms with Gasteiger partial charge in [-0.15, -0.1) is 0 Å². The number of nitrogens with one attached hydrogen (secondary N) is 1. The Kier molecular flexibility index (Phi) is 4.79. The summed E-state index contributed by atoms with van der Waals surface area (Å²) in [6, 6.07) is 18.2. The van der Waals surface area contributed by atoms with Crippen LogP contribution in [-0.4, -0.2) is 13.6 Å². The number of hydrogen-bond donors (Lipinski definition) is 1. The molecule has 0 unspecified atom stereocenters. The molecule has 2 aromatic rings. The van der Waals surface area contributed by atoms with Crippen molar-refractivity contribution in [2.45, 2.75) is 12.8 Å². The predicted molar refractivity (Wildman–Crippen MR) is 75.2 cm³/mol. The summed E-state index contributed by atoms with van der Waals surface area (Å²) in [6.07, 6.45) is 2.22. The molecule has 0 saturated carbocycles. The zero-order valence-electron chi connectivity index (χ0n) is 10.7. The molecule has 0 aliphatic carbocycles. The van der Waals surface area contributed by atoms with E-state index in [2.05, 4.69) is 17.4 Å². The average molecular weight is 241 g/mol. The SMILES string of the molecule is CNCCCc1cccc(Oc2ccccc2)c1. The van der Waals surface area contributed by atoms with Crippen LogP contribution in [0, 0.1) is 0 Å². The van der Waals surface area contributed by atoms with E-state index in [4.69, 9.17) is 4.74 Å². The zero-order valence-corrected chi connectivity index (χ0v) is 10.7. The van der Waals surface area contributed by atoms with Crippen LogP contribution >= 0.6 is 0 Å². The van der Waals surface area contributed by atoms with Crippen LogP contribution in [-0.2, 0) is 6.42 Å². The smallest absolute Gasteiger partial charge is 0.127 e.